The van der Waals surface area contributed by atoms with E-state index >= 15 is 0 Å². The summed E-state index contributed by atoms with van der Waals surface area (Å²) in [5.74, 6) is -1.45. The fourth-order valence-corrected chi connectivity index (χ4v) is 2.83. The van der Waals surface area contributed by atoms with E-state index in [1.54, 1.807) is 54.6 Å². The molecule has 1 amide bonds. The highest BCUT2D eigenvalue weighted by Crippen LogP contribution is 2.16. The number of nitrogens with one attached hydrogen (secondary N) is 1. The second-order valence-electron chi connectivity index (χ2n) is 6.42. The van der Waals surface area contributed by atoms with Crippen molar-refractivity contribution in [3.63, 3.8) is 0 Å². The standard InChI is InChI=1S/C24H21NO4/c1-2-17-12-14-19(15-13-17)25-22(26)16-29-24(28)21-11-7-6-10-20(21)23(27)18-8-4-3-5-9-18/h3-15H,2,16H2,1H3,(H,25,26). The molecule has 0 atom stereocenters. The number of carbonyl (C=O) groups is 3. The number of ether oxygens (including phenoxy) is 1. The highest BCUT2D eigenvalue weighted by molar-refractivity contribution is 6.14. The number of ketones is 1. The lowest BCUT2D eigenvalue weighted by molar-refractivity contribution is -0.119. The van der Waals surface area contributed by atoms with Crippen LogP contribution in [-0.4, -0.2) is 24.3 Å². The van der Waals surface area contributed by atoms with Crippen molar-refractivity contribution < 1.29 is 19.1 Å². The molecule has 0 aromatic heterocycles. The third-order valence-electron chi connectivity index (χ3n) is 4.41. The van der Waals surface area contributed by atoms with E-state index in [-0.39, 0.29) is 16.9 Å². The molecule has 0 aliphatic rings. The zero-order valence-electron chi connectivity index (χ0n) is 16.1. The van der Waals surface area contributed by atoms with Gasteiger partial charge < -0.3 is 10.1 Å². The smallest absolute Gasteiger partial charge is 0.339 e. The number of anilines is 1. The van der Waals surface area contributed by atoms with E-state index in [1.807, 2.05) is 25.1 Å². The van der Waals surface area contributed by atoms with Crippen LogP contribution in [0, 0.1) is 0 Å². The van der Waals surface area contributed by atoms with E-state index in [2.05, 4.69) is 5.32 Å². The predicted octanol–water partition coefficient (Wildman–Crippen LogP) is 4.28. The van der Waals surface area contributed by atoms with Crippen LogP contribution in [0.2, 0.25) is 0 Å². The first-order chi connectivity index (χ1) is 14.1. The summed E-state index contributed by atoms with van der Waals surface area (Å²) in [5, 5.41) is 2.68. The molecule has 0 bridgehead atoms. The van der Waals surface area contributed by atoms with Gasteiger partial charge in [-0.25, -0.2) is 4.79 Å². The van der Waals surface area contributed by atoms with E-state index in [0.717, 1.165) is 12.0 Å². The van der Waals surface area contributed by atoms with Crippen LogP contribution >= 0.6 is 0 Å². The van der Waals surface area contributed by atoms with Crippen LogP contribution in [0.5, 0.6) is 0 Å². The Labute approximate surface area is 169 Å². The van der Waals surface area contributed by atoms with Crippen LogP contribution in [-0.2, 0) is 16.0 Å². The first-order valence-electron chi connectivity index (χ1n) is 9.33. The molecule has 1 N–H and O–H groups in total. The molecular weight excluding hydrogens is 366 g/mol. The Morgan fingerprint density at radius 1 is 0.793 bits per heavy atom. The van der Waals surface area contributed by atoms with Gasteiger partial charge in [-0.05, 0) is 30.2 Å². The molecule has 0 heterocycles. The number of hydrogen-bond acceptors (Lipinski definition) is 4. The molecule has 0 saturated heterocycles. The van der Waals surface area contributed by atoms with Crippen LogP contribution < -0.4 is 5.32 Å². The quantitative estimate of drug-likeness (QED) is 0.485. The van der Waals surface area contributed by atoms with Gasteiger partial charge in [0.25, 0.3) is 5.91 Å². The topological polar surface area (TPSA) is 72.5 Å². The number of hydrogen-bond donors (Lipinski definition) is 1. The minimum Gasteiger partial charge on any atom is -0.452 e. The maximum absolute atomic E-state index is 12.7. The molecular formula is C24H21NO4. The number of rotatable bonds is 7. The molecule has 0 unspecified atom stereocenters. The first-order valence-corrected chi connectivity index (χ1v) is 9.33. The van der Waals surface area contributed by atoms with Crippen molar-refractivity contribution in [1.29, 1.82) is 0 Å². The lowest BCUT2D eigenvalue weighted by atomic mass is 9.98. The summed E-state index contributed by atoms with van der Waals surface area (Å²) < 4.78 is 5.13. The van der Waals surface area contributed by atoms with E-state index in [0.29, 0.717) is 11.3 Å². The summed E-state index contributed by atoms with van der Waals surface area (Å²) in [4.78, 5) is 37.3. The third kappa shape index (κ3) is 5.17. The Bertz CT molecular complexity index is 1010. The Morgan fingerprint density at radius 3 is 2.07 bits per heavy atom. The Kier molecular flexibility index (Phi) is 6.53. The number of esters is 1. The molecule has 0 aliphatic heterocycles. The van der Waals surface area contributed by atoms with Crippen molar-refractivity contribution in [3.8, 4) is 0 Å². The van der Waals surface area contributed by atoms with E-state index in [9.17, 15) is 14.4 Å². The fraction of sp³-hybridized carbons (Fsp3) is 0.125. The second kappa shape index (κ2) is 9.46. The van der Waals surface area contributed by atoms with Crippen LogP contribution in [0.15, 0.2) is 78.9 Å². The zero-order valence-corrected chi connectivity index (χ0v) is 16.1. The average Bonchev–Trinajstić information content (AvgIpc) is 2.78. The Balaban J connectivity index is 1.65. The van der Waals surface area contributed by atoms with Crippen LogP contribution in [0.1, 0.15) is 38.8 Å². The van der Waals surface area contributed by atoms with E-state index in [4.69, 9.17) is 4.74 Å². The molecule has 3 aromatic rings. The Hall–Kier alpha value is -3.73. The third-order valence-corrected chi connectivity index (χ3v) is 4.41. The van der Waals surface area contributed by atoms with Crippen molar-refractivity contribution in [2.75, 3.05) is 11.9 Å². The highest BCUT2D eigenvalue weighted by Gasteiger charge is 2.19. The van der Waals surface area contributed by atoms with Crippen molar-refractivity contribution in [1.82, 2.24) is 0 Å². The normalized spacial score (nSPS) is 10.2. The summed E-state index contributed by atoms with van der Waals surface area (Å²) in [6.45, 7) is 1.61. The molecule has 0 fully saturated rings. The highest BCUT2D eigenvalue weighted by atomic mass is 16.5. The summed E-state index contributed by atoms with van der Waals surface area (Å²) in [6.07, 6.45) is 0.910. The van der Waals surface area contributed by atoms with Gasteiger partial charge in [-0.1, -0.05) is 67.6 Å². The van der Waals surface area contributed by atoms with Crippen molar-refractivity contribution in [2.24, 2.45) is 0 Å². The lowest BCUT2D eigenvalue weighted by Crippen LogP contribution is -2.22. The largest absolute Gasteiger partial charge is 0.452 e. The molecule has 0 spiro atoms. The fourth-order valence-electron chi connectivity index (χ4n) is 2.83. The summed E-state index contributed by atoms with van der Waals surface area (Å²) in [6, 6.07) is 22.5. The van der Waals surface area contributed by atoms with Gasteiger partial charge in [0, 0.05) is 16.8 Å². The minimum atomic E-state index is -0.721. The molecule has 5 nitrogen and oxygen atoms in total. The number of aryl methyl sites for hydroxylation is 1. The van der Waals surface area contributed by atoms with Crippen LogP contribution in [0.4, 0.5) is 5.69 Å². The van der Waals surface area contributed by atoms with Gasteiger partial charge in [-0.2, -0.15) is 0 Å². The predicted molar refractivity (Wildman–Crippen MR) is 111 cm³/mol. The van der Waals surface area contributed by atoms with Crippen LogP contribution in [0.3, 0.4) is 0 Å². The summed E-state index contributed by atoms with van der Waals surface area (Å²) >= 11 is 0. The summed E-state index contributed by atoms with van der Waals surface area (Å²) in [5.41, 5.74) is 2.62. The van der Waals surface area contributed by atoms with Crippen molar-refractivity contribution >= 4 is 23.3 Å². The SMILES string of the molecule is CCc1ccc(NC(=O)COC(=O)c2ccccc2C(=O)c2ccccc2)cc1. The van der Waals surface area contributed by atoms with Gasteiger partial charge in [0.1, 0.15) is 0 Å². The molecule has 0 saturated carbocycles. The van der Waals surface area contributed by atoms with Crippen molar-refractivity contribution in [2.45, 2.75) is 13.3 Å². The Morgan fingerprint density at radius 2 is 1.41 bits per heavy atom. The molecule has 0 radical (unpaired) electrons. The average molecular weight is 387 g/mol. The lowest BCUT2D eigenvalue weighted by Gasteiger charge is -2.10. The molecule has 29 heavy (non-hydrogen) atoms. The number of carbonyl (C=O) groups excluding carboxylic acids is 3. The molecule has 3 aromatic carbocycles. The molecule has 146 valence electrons. The summed E-state index contributed by atoms with van der Waals surface area (Å²) in [7, 11) is 0. The molecule has 5 heteroatoms. The van der Waals surface area contributed by atoms with Gasteiger partial charge in [-0.3, -0.25) is 9.59 Å². The zero-order chi connectivity index (χ0) is 20.6. The maximum Gasteiger partial charge on any atom is 0.339 e. The van der Waals surface area contributed by atoms with Gasteiger partial charge in [0.15, 0.2) is 12.4 Å². The second-order valence-corrected chi connectivity index (χ2v) is 6.42. The van der Waals surface area contributed by atoms with E-state index < -0.39 is 18.5 Å². The van der Waals surface area contributed by atoms with Gasteiger partial charge in [0.05, 0.1) is 5.56 Å². The monoisotopic (exact) mass is 387 g/mol. The van der Waals surface area contributed by atoms with Gasteiger partial charge >= 0.3 is 5.97 Å². The van der Waals surface area contributed by atoms with E-state index in [1.165, 1.54) is 6.07 Å². The minimum absolute atomic E-state index is 0.126. The van der Waals surface area contributed by atoms with Gasteiger partial charge in [-0.15, -0.1) is 0 Å². The molecule has 0 aliphatic carbocycles. The number of benzene rings is 3. The van der Waals surface area contributed by atoms with Crippen molar-refractivity contribution in [3.05, 3.63) is 101 Å². The molecule has 3 rings (SSSR count). The number of amides is 1. The van der Waals surface area contributed by atoms with Gasteiger partial charge in [0.2, 0.25) is 0 Å². The maximum atomic E-state index is 12.7. The van der Waals surface area contributed by atoms with Crippen LogP contribution in [0.25, 0.3) is 0 Å². The first kappa shape index (κ1) is 20.0.